The number of fused-ring (bicyclic) bond motifs is 2. The van der Waals surface area contributed by atoms with Gasteiger partial charge in [-0.15, -0.1) is 0 Å². The van der Waals surface area contributed by atoms with Crippen LogP contribution in [0.5, 0.6) is 0 Å². The molecule has 6 heteroatoms. The summed E-state index contributed by atoms with van der Waals surface area (Å²) in [4.78, 5) is 8.90. The zero-order chi connectivity index (χ0) is 17.9. The number of aliphatic imine (C=N–C) groups is 1. The summed E-state index contributed by atoms with van der Waals surface area (Å²) in [5.41, 5.74) is 3.17. The maximum absolute atomic E-state index is 5.89. The number of aromatic nitrogens is 1. The Balaban J connectivity index is 1.27. The Hall–Kier alpha value is -2.34. The van der Waals surface area contributed by atoms with Crippen LogP contribution >= 0.6 is 0 Å². The van der Waals surface area contributed by atoms with Crippen molar-refractivity contribution in [1.82, 2.24) is 15.6 Å². The fourth-order valence-corrected chi connectivity index (χ4v) is 3.72. The molecule has 2 fully saturated rings. The average molecular weight is 354 g/mol. The molecular formula is C20H26N4O2. The quantitative estimate of drug-likeness (QED) is 0.638. The van der Waals surface area contributed by atoms with E-state index in [-0.39, 0.29) is 0 Å². The van der Waals surface area contributed by atoms with E-state index in [2.05, 4.69) is 39.7 Å². The highest BCUT2D eigenvalue weighted by molar-refractivity contribution is 5.80. The molecule has 0 radical (unpaired) electrons. The van der Waals surface area contributed by atoms with Crippen LogP contribution in [0.25, 0.3) is 11.5 Å². The van der Waals surface area contributed by atoms with Crippen molar-refractivity contribution in [3.05, 3.63) is 41.8 Å². The van der Waals surface area contributed by atoms with E-state index in [0.29, 0.717) is 24.1 Å². The molecule has 0 saturated carbocycles. The van der Waals surface area contributed by atoms with Gasteiger partial charge < -0.3 is 19.8 Å². The summed E-state index contributed by atoms with van der Waals surface area (Å²) in [6.07, 6.45) is 6.72. The Morgan fingerprint density at radius 2 is 2.12 bits per heavy atom. The van der Waals surface area contributed by atoms with E-state index in [9.17, 15) is 0 Å². The Bertz CT molecular complexity index is 768. The van der Waals surface area contributed by atoms with E-state index in [0.717, 1.165) is 43.0 Å². The Morgan fingerprint density at radius 3 is 2.81 bits per heavy atom. The van der Waals surface area contributed by atoms with E-state index < -0.39 is 0 Å². The van der Waals surface area contributed by atoms with Crippen molar-refractivity contribution < 1.29 is 9.15 Å². The first-order valence-electron chi connectivity index (χ1n) is 9.35. The molecule has 2 aliphatic heterocycles. The first kappa shape index (κ1) is 17.1. The van der Waals surface area contributed by atoms with Crippen LogP contribution < -0.4 is 10.6 Å². The number of hydrogen-bond acceptors (Lipinski definition) is 4. The van der Waals surface area contributed by atoms with E-state index in [4.69, 9.17) is 9.15 Å². The van der Waals surface area contributed by atoms with Gasteiger partial charge in [-0.2, -0.15) is 0 Å². The number of hydrogen-bond donors (Lipinski definition) is 2. The van der Waals surface area contributed by atoms with Gasteiger partial charge in [0.1, 0.15) is 6.26 Å². The van der Waals surface area contributed by atoms with Crippen LogP contribution in [-0.2, 0) is 11.2 Å². The van der Waals surface area contributed by atoms with Crippen LogP contribution in [0.3, 0.4) is 0 Å². The lowest BCUT2D eigenvalue weighted by Crippen LogP contribution is -2.47. The van der Waals surface area contributed by atoms with Crippen LogP contribution in [0, 0.1) is 6.92 Å². The molecule has 1 aromatic carbocycles. The molecule has 3 atom stereocenters. The standard InChI is InChI=1S/C20H26N4O2/c1-13-3-5-14(6-4-13)19-23-15(12-25-19)9-10-22-20(21-2)24-17-11-16-7-8-18(17)26-16/h3-6,12,16-18H,7-11H2,1-2H3,(H2,21,22,24). The molecule has 138 valence electrons. The summed E-state index contributed by atoms with van der Waals surface area (Å²) in [6, 6.07) is 8.57. The lowest BCUT2D eigenvalue weighted by Gasteiger charge is -2.22. The molecule has 0 spiro atoms. The fraction of sp³-hybridized carbons (Fsp3) is 0.500. The second-order valence-electron chi connectivity index (χ2n) is 7.12. The van der Waals surface area contributed by atoms with Crippen molar-refractivity contribution in [2.75, 3.05) is 13.6 Å². The van der Waals surface area contributed by atoms with Crippen LogP contribution in [0.4, 0.5) is 0 Å². The van der Waals surface area contributed by atoms with E-state index in [1.165, 1.54) is 12.0 Å². The highest BCUT2D eigenvalue weighted by Crippen LogP contribution is 2.34. The summed E-state index contributed by atoms with van der Waals surface area (Å²) in [5.74, 6) is 1.50. The van der Waals surface area contributed by atoms with Gasteiger partial charge >= 0.3 is 0 Å². The third kappa shape index (κ3) is 3.75. The van der Waals surface area contributed by atoms with E-state index in [1.807, 2.05) is 12.1 Å². The lowest BCUT2D eigenvalue weighted by atomic mass is 9.96. The summed E-state index contributed by atoms with van der Waals surface area (Å²) < 4.78 is 11.5. The van der Waals surface area contributed by atoms with Crippen LogP contribution in [0.2, 0.25) is 0 Å². The van der Waals surface area contributed by atoms with Gasteiger partial charge in [-0.25, -0.2) is 4.98 Å². The smallest absolute Gasteiger partial charge is 0.226 e. The molecule has 2 aliphatic rings. The van der Waals surface area contributed by atoms with Crippen LogP contribution in [-0.4, -0.2) is 42.8 Å². The SMILES string of the molecule is CN=C(NCCc1coc(-c2ccc(C)cc2)n1)NC1CC2CCC1O2. The molecule has 0 amide bonds. The van der Waals surface area contributed by atoms with Crippen molar-refractivity contribution in [3.8, 4) is 11.5 Å². The van der Waals surface area contributed by atoms with Gasteiger partial charge in [0, 0.05) is 25.6 Å². The van der Waals surface area contributed by atoms with E-state index >= 15 is 0 Å². The number of rotatable bonds is 5. The summed E-state index contributed by atoms with van der Waals surface area (Å²) >= 11 is 0. The summed E-state index contributed by atoms with van der Waals surface area (Å²) in [5, 5.41) is 6.85. The third-order valence-corrected chi connectivity index (χ3v) is 5.18. The highest BCUT2D eigenvalue weighted by atomic mass is 16.5. The molecule has 2 N–H and O–H groups in total. The van der Waals surface area contributed by atoms with Crippen LogP contribution in [0.15, 0.2) is 39.9 Å². The number of benzene rings is 1. The van der Waals surface area contributed by atoms with Crippen molar-refractivity contribution in [2.24, 2.45) is 4.99 Å². The summed E-state index contributed by atoms with van der Waals surface area (Å²) in [7, 11) is 1.80. The Kier molecular flexibility index (Phi) is 4.93. The number of aryl methyl sites for hydroxylation is 1. The molecular weight excluding hydrogens is 328 g/mol. The van der Waals surface area contributed by atoms with E-state index in [1.54, 1.807) is 13.3 Å². The van der Waals surface area contributed by atoms with Gasteiger partial charge in [-0.3, -0.25) is 4.99 Å². The normalized spacial score (nSPS) is 24.8. The van der Waals surface area contributed by atoms with Gasteiger partial charge in [0.05, 0.1) is 23.9 Å². The van der Waals surface area contributed by atoms with Crippen LogP contribution in [0.1, 0.15) is 30.5 Å². The maximum atomic E-state index is 5.89. The van der Waals surface area contributed by atoms with Gasteiger partial charge in [0.15, 0.2) is 5.96 Å². The van der Waals surface area contributed by atoms with Crippen molar-refractivity contribution in [2.45, 2.75) is 50.9 Å². The largest absolute Gasteiger partial charge is 0.444 e. The second kappa shape index (κ2) is 7.50. The first-order valence-corrected chi connectivity index (χ1v) is 9.35. The minimum atomic E-state index is 0.339. The van der Waals surface area contributed by atoms with Crippen molar-refractivity contribution >= 4 is 5.96 Å². The first-order chi connectivity index (χ1) is 12.7. The zero-order valence-corrected chi connectivity index (χ0v) is 15.4. The molecule has 2 aromatic rings. The zero-order valence-electron chi connectivity index (χ0n) is 15.4. The molecule has 2 bridgehead atoms. The van der Waals surface area contributed by atoms with Gasteiger partial charge in [0.25, 0.3) is 0 Å². The predicted molar refractivity (Wildman–Crippen MR) is 101 cm³/mol. The number of ether oxygens (including phenoxy) is 1. The monoisotopic (exact) mass is 354 g/mol. The molecule has 2 saturated heterocycles. The molecule has 1 aromatic heterocycles. The lowest BCUT2D eigenvalue weighted by molar-refractivity contribution is 0.0992. The second-order valence-corrected chi connectivity index (χ2v) is 7.12. The van der Waals surface area contributed by atoms with Gasteiger partial charge in [-0.05, 0) is 38.3 Å². The summed E-state index contributed by atoms with van der Waals surface area (Å²) in [6.45, 7) is 2.82. The predicted octanol–water partition coefficient (Wildman–Crippen LogP) is 2.68. The van der Waals surface area contributed by atoms with Crippen molar-refractivity contribution in [3.63, 3.8) is 0 Å². The minimum Gasteiger partial charge on any atom is -0.444 e. The molecule has 26 heavy (non-hydrogen) atoms. The molecule has 6 nitrogen and oxygen atoms in total. The molecule has 4 rings (SSSR count). The van der Waals surface area contributed by atoms with Gasteiger partial charge in [0.2, 0.25) is 5.89 Å². The number of nitrogens with one attached hydrogen (secondary N) is 2. The topological polar surface area (TPSA) is 71.7 Å². The molecule has 3 heterocycles. The minimum absolute atomic E-state index is 0.339. The highest BCUT2D eigenvalue weighted by Gasteiger charge is 2.41. The Labute approximate surface area is 154 Å². The third-order valence-electron chi connectivity index (χ3n) is 5.18. The molecule has 0 aliphatic carbocycles. The average Bonchev–Trinajstić information content (AvgIpc) is 3.38. The maximum Gasteiger partial charge on any atom is 0.226 e. The van der Waals surface area contributed by atoms with Crippen molar-refractivity contribution in [1.29, 1.82) is 0 Å². The Morgan fingerprint density at radius 1 is 1.27 bits per heavy atom. The fourth-order valence-electron chi connectivity index (χ4n) is 3.72. The molecule has 3 unspecified atom stereocenters. The number of nitrogens with zero attached hydrogens (tertiary/aromatic N) is 2. The number of oxazole rings is 1. The van der Waals surface area contributed by atoms with Gasteiger partial charge in [-0.1, -0.05) is 17.7 Å². The number of guanidine groups is 1.